The van der Waals surface area contributed by atoms with Crippen LogP contribution in [0.25, 0.3) is 0 Å². The second-order valence-electron chi connectivity index (χ2n) is 5.07. The molecule has 0 radical (unpaired) electrons. The molecule has 1 aromatic carbocycles. The zero-order valence-corrected chi connectivity index (χ0v) is 14.2. The molecule has 0 aliphatic rings. The second-order valence-corrected chi connectivity index (χ2v) is 5.07. The Bertz CT molecular complexity index is 609. The van der Waals surface area contributed by atoms with Crippen LogP contribution >= 0.6 is 0 Å². The third-order valence-corrected chi connectivity index (χ3v) is 3.41. The topological polar surface area (TPSA) is 88.9 Å². The summed E-state index contributed by atoms with van der Waals surface area (Å²) in [5, 5.41) is 8.47. The number of nitriles is 1. The predicted molar refractivity (Wildman–Crippen MR) is 86.7 cm³/mol. The number of methoxy groups -OCH3 is 2. The molecule has 0 aromatic heterocycles. The maximum atomic E-state index is 11.7. The number of likely N-dealkylation sites (N-methyl/N-ethyl adjacent to an activating group) is 1. The lowest BCUT2D eigenvalue weighted by Gasteiger charge is -2.15. The Balaban J connectivity index is 2.41. The summed E-state index contributed by atoms with van der Waals surface area (Å²) in [7, 11) is 4.67. The van der Waals surface area contributed by atoms with Gasteiger partial charge in [-0.2, -0.15) is 5.26 Å². The first kappa shape index (κ1) is 19.3. The smallest absolute Gasteiger partial charge is 0.306 e. The SMILES string of the molecule is COc1ccc(CCC(=O)OCC(=O)N(C)CCC#N)cc1OC. The third-order valence-electron chi connectivity index (χ3n) is 3.41. The van der Waals surface area contributed by atoms with Crippen molar-refractivity contribution >= 4 is 11.9 Å². The van der Waals surface area contributed by atoms with Gasteiger partial charge in [-0.3, -0.25) is 9.59 Å². The molecule has 0 unspecified atom stereocenters. The number of rotatable bonds is 9. The molecule has 7 heteroatoms. The number of amides is 1. The van der Waals surface area contributed by atoms with Crippen LogP contribution in [0.5, 0.6) is 11.5 Å². The van der Waals surface area contributed by atoms with E-state index in [9.17, 15) is 9.59 Å². The highest BCUT2D eigenvalue weighted by atomic mass is 16.5. The van der Waals surface area contributed by atoms with Crippen molar-refractivity contribution in [2.24, 2.45) is 0 Å². The first-order chi connectivity index (χ1) is 11.5. The fourth-order valence-electron chi connectivity index (χ4n) is 1.95. The molecule has 0 fully saturated rings. The molecule has 0 aliphatic carbocycles. The number of ether oxygens (including phenoxy) is 3. The average molecular weight is 334 g/mol. The third kappa shape index (κ3) is 6.16. The number of aryl methyl sites for hydroxylation is 1. The molecule has 24 heavy (non-hydrogen) atoms. The predicted octanol–water partition coefficient (Wildman–Crippen LogP) is 1.55. The number of nitrogens with zero attached hydrogens (tertiary/aromatic N) is 2. The van der Waals surface area contributed by atoms with E-state index in [1.165, 1.54) is 4.90 Å². The van der Waals surface area contributed by atoms with E-state index in [-0.39, 0.29) is 25.4 Å². The van der Waals surface area contributed by atoms with Gasteiger partial charge in [-0.05, 0) is 24.1 Å². The van der Waals surface area contributed by atoms with Crippen LogP contribution in [0.4, 0.5) is 0 Å². The van der Waals surface area contributed by atoms with E-state index in [2.05, 4.69) is 0 Å². The minimum Gasteiger partial charge on any atom is -0.493 e. The normalized spacial score (nSPS) is 9.75. The quantitative estimate of drug-likeness (QED) is 0.637. The lowest BCUT2D eigenvalue weighted by Crippen LogP contribution is -2.31. The number of benzene rings is 1. The van der Waals surface area contributed by atoms with Gasteiger partial charge in [-0.15, -0.1) is 0 Å². The molecule has 1 amide bonds. The molecule has 0 atom stereocenters. The van der Waals surface area contributed by atoms with Crippen molar-refractivity contribution in [3.63, 3.8) is 0 Å². The fourth-order valence-corrected chi connectivity index (χ4v) is 1.95. The van der Waals surface area contributed by atoms with Crippen molar-refractivity contribution in [1.29, 1.82) is 5.26 Å². The first-order valence-electron chi connectivity index (χ1n) is 7.49. The van der Waals surface area contributed by atoms with Crippen LogP contribution in [0.1, 0.15) is 18.4 Å². The molecule has 0 heterocycles. The number of carbonyl (C=O) groups is 2. The van der Waals surface area contributed by atoms with Crippen LogP contribution in [0, 0.1) is 11.3 Å². The molecule has 0 N–H and O–H groups in total. The zero-order chi connectivity index (χ0) is 17.9. The van der Waals surface area contributed by atoms with Crippen LogP contribution in [0.2, 0.25) is 0 Å². The lowest BCUT2D eigenvalue weighted by molar-refractivity contribution is -0.151. The lowest BCUT2D eigenvalue weighted by atomic mass is 10.1. The minimum absolute atomic E-state index is 0.157. The largest absolute Gasteiger partial charge is 0.493 e. The molecule has 1 aromatic rings. The molecular formula is C17H22N2O5. The van der Waals surface area contributed by atoms with E-state index in [4.69, 9.17) is 19.5 Å². The van der Waals surface area contributed by atoms with Gasteiger partial charge in [-0.25, -0.2) is 0 Å². The van der Waals surface area contributed by atoms with E-state index in [0.29, 0.717) is 24.5 Å². The Labute approximate surface area is 141 Å². The summed E-state index contributed by atoms with van der Waals surface area (Å²) in [6, 6.07) is 7.37. The van der Waals surface area contributed by atoms with Gasteiger partial charge in [0.2, 0.25) is 0 Å². The van der Waals surface area contributed by atoms with Crippen LogP contribution in [-0.4, -0.2) is 51.2 Å². The molecule has 0 aliphatic heterocycles. The van der Waals surface area contributed by atoms with Gasteiger partial charge in [0.15, 0.2) is 18.1 Å². The number of hydrogen-bond acceptors (Lipinski definition) is 6. The molecule has 0 bridgehead atoms. The summed E-state index contributed by atoms with van der Waals surface area (Å²) in [5.41, 5.74) is 0.905. The van der Waals surface area contributed by atoms with Gasteiger partial charge in [0.1, 0.15) is 0 Å². The summed E-state index contributed by atoms with van der Waals surface area (Å²) >= 11 is 0. The van der Waals surface area contributed by atoms with Crippen molar-refractivity contribution in [2.75, 3.05) is 34.4 Å². The van der Waals surface area contributed by atoms with Crippen LogP contribution in [0.15, 0.2) is 18.2 Å². The van der Waals surface area contributed by atoms with Crippen molar-refractivity contribution in [2.45, 2.75) is 19.3 Å². The van der Waals surface area contributed by atoms with Gasteiger partial charge in [0, 0.05) is 20.0 Å². The van der Waals surface area contributed by atoms with E-state index in [0.717, 1.165) is 5.56 Å². The minimum atomic E-state index is -0.452. The highest BCUT2D eigenvalue weighted by molar-refractivity contribution is 5.80. The number of esters is 1. The van der Waals surface area contributed by atoms with E-state index >= 15 is 0 Å². The summed E-state index contributed by atoms with van der Waals surface area (Å²) in [4.78, 5) is 24.8. The van der Waals surface area contributed by atoms with Crippen LogP contribution < -0.4 is 9.47 Å². The highest BCUT2D eigenvalue weighted by Crippen LogP contribution is 2.27. The summed E-state index contributed by atoms with van der Waals surface area (Å²) < 4.78 is 15.3. The molecule has 130 valence electrons. The molecule has 1 rings (SSSR count). The van der Waals surface area contributed by atoms with Crippen molar-refractivity contribution in [3.8, 4) is 17.6 Å². The maximum absolute atomic E-state index is 11.7. The van der Waals surface area contributed by atoms with Gasteiger partial charge in [0.05, 0.1) is 26.7 Å². The summed E-state index contributed by atoms with van der Waals surface area (Å²) in [5.74, 6) is 0.434. The number of hydrogen-bond donors (Lipinski definition) is 0. The monoisotopic (exact) mass is 334 g/mol. The standard InChI is InChI=1S/C17H22N2O5/c1-19(10-4-9-18)16(20)12-24-17(21)8-6-13-5-7-14(22-2)15(11-13)23-3/h5,7,11H,4,6,8,10,12H2,1-3H3. The van der Waals surface area contributed by atoms with Crippen molar-refractivity contribution < 1.29 is 23.8 Å². The molecule has 0 saturated carbocycles. The van der Waals surface area contributed by atoms with Crippen molar-refractivity contribution in [3.05, 3.63) is 23.8 Å². The van der Waals surface area contributed by atoms with E-state index < -0.39 is 5.97 Å². The van der Waals surface area contributed by atoms with Crippen LogP contribution in [0.3, 0.4) is 0 Å². The zero-order valence-electron chi connectivity index (χ0n) is 14.2. The van der Waals surface area contributed by atoms with Gasteiger partial charge in [0.25, 0.3) is 5.91 Å². The summed E-state index contributed by atoms with van der Waals surface area (Å²) in [6.07, 6.45) is 0.873. The second kappa shape index (κ2) is 10.1. The molecular weight excluding hydrogens is 312 g/mol. The van der Waals surface area contributed by atoms with Gasteiger partial charge < -0.3 is 19.1 Å². The molecule has 0 spiro atoms. The highest BCUT2D eigenvalue weighted by Gasteiger charge is 2.12. The Kier molecular flexibility index (Phi) is 8.13. The Hall–Kier alpha value is -2.75. The van der Waals surface area contributed by atoms with E-state index in [1.807, 2.05) is 12.1 Å². The van der Waals surface area contributed by atoms with E-state index in [1.54, 1.807) is 33.4 Å². The maximum Gasteiger partial charge on any atom is 0.306 e. The van der Waals surface area contributed by atoms with Gasteiger partial charge in [-0.1, -0.05) is 6.07 Å². The van der Waals surface area contributed by atoms with Crippen molar-refractivity contribution in [1.82, 2.24) is 4.90 Å². The fraction of sp³-hybridized carbons (Fsp3) is 0.471. The summed E-state index contributed by atoms with van der Waals surface area (Å²) in [6.45, 7) is 0.00518. The Morgan fingerprint density at radius 2 is 1.92 bits per heavy atom. The number of carbonyl (C=O) groups excluding carboxylic acids is 2. The Morgan fingerprint density at radius 3 is 2.54 bits per heavy atom. The molecule has 0 saturated heterocycles. The van der Waals surface area contributed by atoms with Gasteiger partial charge >= 0.3 is 5.97 Å². The average Bonchev–Trinajstić information content (AvgIpc) is 2.61. The first-order valence-corrected chi connectivity index (χ1v) is 7.49. The Morgan fingerprint density at radius 1 is 1.21 bits per heavy atom. The molecule has 7 nitrogen and oxygen atoms in total. The van der Waals surface area contributed by atoms with Crippen LogP contribution in [-0.2, 0) is 20.7 Å².